The number of amides is 1. The van der Waals surface area contributed by atoms with E-state index in [1.54, 1.807) is 13.1 Å². The van der Waals surface area contributed by atoms with Crippen LogP contribution in [0.4, 0.5) is 8.78 Å². The van der Waals surface area contributed by atoms with Crippen LogP contribution in [0.2, 0.25) is 0 Å². The Bertz CT molecular complexity index is 1320. The molecule has 2 aromatic carbocycles. The molecule has 2 aromatic rings. The molecule has 0 bridgehead atoms. The molecule has 3 fully saturated rings. The van der Waals surface area contributed by atoms with Gasteiger partial charge in [-0.3, -0.25) is 9.59 Å². The number of rotatable bonds is 9. The van der Waals surface area contributed by atoms with Crippen molar-refractivity contribution in [1.29, 1.82) is 0 Å². The topological polar surface area (TPSA) is 67.4 Å². The van der Waals surface area contributed by atoms with Gasteiger partial charge in [-0.25, -0.2) is 8.78 Å². The quantitative estimate of drug-likeness (QED) is 0.352. The molecule has 2 saturated carbocycles. The number of ketones is 1. The lowest BCUT2D eigenvalue weighted by Crippen LogP contribution is -2.46. The Kier molecular flexibility index (Phi) is 8.05. The van der Waals surface area contributed by atoms with Crippen LogP contribution in [0.1, 0.15) is 96.1 Å². The third-order valence-electron chi connectivity index (χ3n) is 9.85. The van der Waals surface area contributed by atoms with Gasteiger partial charge >= 0.3 is 0 Å². The first-order valence-electron chi connectivity index (χ1n) is 15.2. The third kappa shape index (κ3) is 5.67. The lowest BCUT2D eigenvalue weighted by atomic mass is 9.73. The van der Waals surface area contributed by atoms with E-state index < -0.39 is 11.1 Å². The average Bonchev–Trinajstić information content (AvgIpc) is 3.52. The second-order valence-electron chi connectivity index (χ2n) is 13.4. The Morgan fingerprint density at radius 2 is 1.90 bits per heavy atom. The van der Waals surface area contributed by atoms with Gasteiger partial charge in [0.1, 0.15) is 11.6 Å². The van der Waals surface area contributed by atoms with Crippen LogP contribution in [0.25, 0.3) is 11.1 Å². The van der Waals surface area contributed by atoms with Gasteiger partial charge in [0.25, 0.3) is 0 Å². The highest BCUT2D eigenvalue weighted by Crippen LogP contribution is 2.46. The molecule has 5 nitrogen and oxygen atoms in total. The van der Waals surface area contributed by atoms with Gasteiger partial charge in [0.2, 0.25) is 5.91 Å². The molecule has 7 heteroatoms. The van der Waals surface area contributed by atoms with Gasteiger partial charge in [0.15, 0.2) is 11.5 Å². The summed E-state index contributed by atoms with van der Waals surface area (Å²) in [6, 6.07) is 10.8. The van der Waals surface area contributed by atoms with Crippen molar-refractivity contribution in [1.82, 2.24) is 10.6 Å². The number of likely N-dealkylation sites (N-methyl/N-ethyl adjacent to an activating group) is 1. The van der Waals surface area contributed by atoms with Crippen LogP contribution in [0, 0.1) is 11.7 Å². The van der Waals surface area contributed by atoms with Crippen LogP contribution < -0.4 is 15.4 Å². The summed E-state index contributed by atoms with van der Waals surface area (Å²) in [7, 11) is 1.62. The zero-order valence-corrected chi connectivity index (χ0v) is 25.0. The molecule has 1 saturated heterocycles. The molecular weight excluding hydrogens is 522 g/mol. The van der Waals surface area contributed by atoms with Crippen molar-refractivity contribution in [2.24, 2.45) is 5.92 Å². The normalized spacial score (nSPS) is 25.4. The number of alkyl halides is 1. The molecule has 0 unspecified atom stereocenters. The molecule has 1 amide bonds. The maximum atomic E-state index is 15.6. The first kappa shape index (κ1) is 29.7. The van der Waals surface area contributed by atoms with Gasteiger partial charge in [0.05, 0.1) is 11.5 Å². The molecule has 2 N–H and O–H groups in total. The molecule has 3 atom stereocenters. The van der Waals surface area contributed by atoms with Crippen LogP contribution in [0.15, 0.2) is 36.4 Å². The van der Waals surface area contributed by atoms with Gasteiger partial charge in [-0.2, -0.15) is 0 Å². The number of Topliss-reactive ketones (excluding diaryl/α,β-unsaturated/α-hetero) is 1. The molecule has 1 spiro atoms. The lowest BCUT2D eigenvalue weighted by molar-refractivity contribution is -0.131. The highest BCUT2D eigenvalue weighted by molar-refractivity contribution is 5.89. The smallest absolute Gasteiger partial charge is 0.229 e. The minimum atomic E-state index is -1.76. The van der Waals surface area contributed by atoms with E-state index in [1.807, 2.05) is 52.0 Å². The minimum Gasteiger partial charge on any atom is -0.490 e. The highest BCUT2D eigenvalue weighted by atomic mass is 19.1. The summed E-state index contributed by atoms with van der Waals surface area (Å²) in [6.07, 6.45) is 5.67. The molecule has 41 heavy (non-hydrogen) atoms. The first-order valence-corrected chi connectivity index (χ1v) is 15.2. The molecule has 1 heterocycles. The van der Waals surface area contributed by atoms with Crippen molar-refractivity contribution >= 4 is 11.7 Å². The molecule has 2 aliphatic carbocycles. The standard InChI is InChI=1S/C34H44F2N2O3/c1-21(2)30-25(8-6-9-27(30)35)26-18-23(32(3,4)31(40)37-5)11-13-28(26)41-24-12-10-22(16-24)17-29(39)34(36)19-33(38-20-34)14-7-15-33/h6,8-9,11,13,18,21-22,24,38H,7,10,12,14-17,19-20H2,1-5H3,(H,37,40)/t22-,24-,34+/m1/s1. The molecule has 5 rings (SSSR count). The fourth-order valence-corrected chi connectivity index (χ4v) is 7.12. The monoisotopic (exact) mass is 566 g/mol. The minimum absolute atomic E-state index is 0.0614. The molecule has 3 aliphatic rings. The van der Waals surface area contributed by atoms with E-state index in [2.05, 4.69) is 10.6 Å². The van der Waals surface area contributed by atoms with E-state index in [1.165, 1.54) is 6.07 Å². The van der Waals surface area contributed by atoms with Crippen LogP contribution >= 0.6 is 0 Å². The summed E-state index contributed by atoms with van der Waals surface area (Å²) >= 11 is 0. The van der Waals surface area contributed by atoms with E-state index >= 15 is 8.78 Å². The molecule has 222 valence electrons. The summed E-state index contributed by atoms with van der Waals surface area (Å²) in [5.41, 5.74) is 0.166. The molecule has 1 aliphatic heterocycles. The summed E-state index contributed by atoms with van der Waals surface area (Å²) in [5, 5.41) is 6.04. The number of ether oxygens (including phenoxy) is 1. The van der Waals surface area contributed by atoms with Crippen LogP contribution in [-0.2, 0) is 15.0 Å². The molecule has 0 radical (unpaired) electrons. The predicted molar refractivity (Wildman–Crippen MR) is 157 cm³/mol. The SMILES string of the molecule is CNC(=O)C(C)(C)c1ccc(O[C@@H]2CC[C@@H](CC(=O)[C@@]3(F)CNC4(CCC4)C3)C2)c(-c2cccc(F)c2C(C)C)c1. The van der Waals surface area contributed by atoms with Gasteiger partial charge in [0, 0.05) is 37.5 Å². The Labute approximate surface area is 242 Å². The summed E-state index contributed by atoms with van der Waals surface area (Å²) in [4.78, 5) is 25.8. The van der Waals surface area contributed by atoms with Crippen LogP contribution in [0.5, 0.6) is 5.75 Å². The number of benzene rings is 2. The summed E-state index contributed by atoms with van der Waals surface area (Å²) < 4.78 is 37.3. The Hall–Kier alpha value is -2.80. The van der Waals surface area contributed by atoms with Gasteiger partial charge < -0.3 is 15.4 Å². The van der Waals surface area contributed by atoms with Crippen LogP contribution in [0.3, 0.4) is 0 Å². The van der Waals surface area contributed by atoms with E-state index in [-0.39, 0.29) is 54.0 Å². The van der Waals surface area contributed by atoms with Crippen molar-refractivity contribution in [3.63, 3.8) is 0 Å². The van der Waals surface area contributed by atoms with Gasteiger partial charge in [-0.15, -0.1) is 0 Å². The number of hydrogen-bond donors (Lipinski definition) is 2. The first-order chi connectivity index (χ1) is 19.4. The second-order valence-corrected chi connectivity index (χ2v) is 13.4. The fourth-order valence-electron chi connectivity index (χ4n) is 7.12. The van der Waals surface area contributed by atoms with Crippen molar-refractivity contribution in [2.45, 2.75) is 108 Å². The van der Waals surface area contributed by atoms with Crippen molar-refractivity contribution in [2.75, 3.05) is 13.6 Å². The van der Waals surface area contributed by atoms with E-state index in [9.17, 15) is 9.59 Å². The lowest BCUT2D eigenvalue weighted by Gasteiger charge is -2.38. The van der Waals surface area contributed by atoms with Crippen LogP contribution in [-0.4, -0.2) is 42.6 Å². The van der Waals surface area contributed by atoms with Gasteiger partial charge in [-0.05, 0) is 99.1 Å². The number of nitrogens with one attached hydrogen (secondary N) is 2. The van der Waals surface area contributed by atoms with Crippen molar-refractivity contribution in [3.05, 3.63) is 53.3 Å². The zero-order valence-electron chi connectivity index (χ0n) is 25.0. The second kappa shape index (κ2) is 11.1. The van der Waals surface area contributed by atoms with Gasteiger partial charge in [-0.1, -0.05) is 32.0 Å². The summed E-state index contributed by atoms with van der Waals surface area (Å²) in [6.45, 7) is 7.78. The van der Waals surface area contributed by atoms with E-state index in [4.69, 9.17) is 4.74 Å². The number of carbonyl (C=O) groups excluding carboxylic acids is 2. The van der Waals surface area contributed by atoms with E-state index in [0.29, 0.717) is 24.2 Å². The maximum absolute atomic E-state index is 15.6. The Morgan fingerprint density at radius 1 is 1.15 bits per heavy atom. The summed E-state index contributed by atoms with van der Waals surface area (Å²) in [5.74, 6) is -0.0247. The number of halogens is 2. The van der Waals surface area contributed by atoms with E-state index in [0.717, 1.165) is 48.8 Å². The highest BCUT2D eigenvalue weighted by Gasteiger charge is 2.55. The van der Waals surface area contributed by atoms with Crippen molar-refractivity contribution < 1.29 is 23.1 Å². The molecular formula is C34H44F2N2O3. The Morgan fingerprint density at radius 3 is 2.54 bits per heavy atom. The zero-order chi connectivity index (χ0) is 29.6. The fraction of sp³-hybridized carbons (Fsp3) is 0.588. The average molecular weight is 567 g/mol. The third-order valence-corrected chi connectivity index (χ3v) is 9.85. The van der Waals surface area contributed by atoms with Crippen molar-refractivity contribution in [3.8, 4) is 16.9 Å². The number of hydrogen-bond acceptors (Lipinski definition) is 4. The largest absolute Gasteiger partial charge is 0.490 e. The Balaban J connectivity index is 1.37. The maximum Gasteiger partial charge on any atom is 0.229 e. The predicted octanol–water partition coefficient (Wildman–Crippen LogP) is 6.77. The molecule has 0 aromatic heterocycles. The number of carbonyl (C=O) groups is 2.